The van der Waals surface area contributed by atoms with Crippen LogP contribution in [0.25, 0.3) is 6.08 Å². The summed E-state index contributed by atoms with van der Waals surface area (Å²) in [7, 11) is 0. The first-order valence-electron chi connectivity index (χ1n) is 10.4. The highest BCUT2D eigenvalue weighted by Crippen LogP contribution is 2.25. The predicted molar refractivity (Wildman–Crippen MR) is 111 cm³/mol. The van der Waals surface area contributed by atoms with Gasteiger partial charge in [-0.1, -0.05) is 70.8 Å². The minimum atomic E-state index is -0.387. The maximum Gasteiger partial charge on any atom is 0.331 e. The molecule has 1 aromatic carbocycles. The lowest BCUT2D eigenvalue weighted by Crippen LogP contribution is -2.12. The summed E-state index contributed by atoms with van der Waals surface area (Å²) < 4.78 is 5.37. The molecular weight excluding hydrogens is 340 g/mol. The number of esters is 1. The third-order valence-electron chi connectivity index (χ3n) is 4.69. The van der Waals surface area contributed by atoms with E-state index < -0.39 is 0 Å². The smallest absolute Gasteiger partial charge is 0.331 e. The van der Waals surface area contributed by atoms with Crippen LogP contribution in [0.15, 0.2) is 24.3 Å². The number of carbonyl (C=O) groups is 1. The Morgan fingerprint density at radius 1 is 0.963 bits per heavy atom. The van der Waals surface area contributed by atoms with E-state index in [0.29, 0.717) is 5.56 Å². The van der Waals surface area contributed by atoms with E-state index in [2.05, 4.69) is 6.92 Å². The molecule has 0 spiro atoms. The van der Waals surface area contributed by atoms with Crippen LogP contribution >= 0.6 is 0 Å². The number of carbonyl (C=O) groups excluding carboxylic acids is 1. The predicted octanol–water partition coefficient (Wildman–Crippen LogP) is 6.35. The van der Waals surface area contributed by atoms with E-state index in [0.717, 1.165) is 12.8 Å². The monoisotopic (exact) mass is 376 g/mol. The van der Waals surface area contributed by atoms with Gasteiger partial charge in [0.2, 0.25) is 0 Å². The molecule has 0 heterocycles. The van der Waals surface area contributed by atoms with Gasteiger partial charge in [-0.3, -0.25) is 0 Å². The van der Waals surface area contributed by atoms with Crippen molar-refractivity contribution in [2.24, 2.45) is 0 Å². The maximum absolute atomic E-state index is 11.8. The van der Waals surface area contributed by atoms with E-state index in [4.69, 9.17) is 4.74 Å². The fourth-order valence-corrected chi connectivity index (χ4v) is 3.02. The number of hydrogen-bond acceptors (Lipinski definition) is 4. The van der Waals surface area contributed by atoms with E-state index in [1.165, 1.54) is 76.0 Å². The third-order valence-corrected chi connectivity index (χ3v) is 4.69. The molecule has 0 saturated carbocycles. The van der Waals surface area contributed by atoms with Crippen LogP contribution in [0.5, 0.6) is 11.5 Å². The molecule has 1 unspecified atom stereocenters. The van der Waals surface area contributed by atoms with Gasteiger partial charge in [0.1, 0.15) is 0 Å². The molecule has 0 aromatic heterocycles. The number of aromatic hydroxyl groups is 2. The molecule has 1 aromatic rings. The Kier molecular flexibility index (Phi) is 12.1. The van der Waals surface area contributed by atoms with Crippen molar-refractivity contribution in [3.8, 4) is 11.5 Å². The second kappa shape index (κ2) is 14.1. The normalized spacial score (nSPS) is 12.4. The van der Waals surface area contributed by atoms with Gasteiger partial charge < -0.3 is 14.9 Å². The summed E-state index contributed by atoms with van der Waals surface area (Å²) in [6.45, 7) is 4.17. The maximum atomic E-state index is 11.8. The fraction of sp³-hybridized carbons (Fsp3) is 0.609. The van der Waals surface area contributed by atoms with Crippen LogP contribution in [0, 0.1) is 0 Å². The molecule has 0 bridgehead atoms. The van der Waals surface area contributed by atoms with Crippen LogP contribution in [0.3, 0.4) is 0 Å². The minimum Gasteiger partial charge on any atom is -0.504 e. The third kappa shape index (κ3) is 11.4. The van der Waals surface area contributed by atoms with Crippen molar-refractivity contribution < 1.29 is 19.7 Å². The summed E-state index contributed by atoms with van der Waals surface area (Å²) in [4.78, 5) is 11.8. The number of hydrogen-bond donors (Lipinski definition) is 2. The zero-order valence-electron chi connectivity index (χ0n) is 17.0. The van der Waals surface area contributed by atoms with E-state index in [1.54, 1.807) is 12.1 Å². The minimum absolute atomic E-state index is 0.0931. The Balaban J connectivity index is 2.08. The number of benzene rings is 1. The van der Waals surface area contributed by atoms with Gasteiger partial charge in [0.15, 0.2) is 11.5 Å². The van der Waals surface area contributed by atoms with Gasteiger partial charge in [-0.2, -0.15) is 0 Å². The zero-order valence-corrected chi connectivity index (χ0v) is 17.0. The topological polar surface area (TPSA) is 66.8 Å². The summed E-state index contributed by atoms with van der Waals surface area (Å²) in [5.41, 5.74) is 0.629. The summed E-state index contributed by atoms with van der Waals surface area (Å²) in [5, 5.41) is 18.7. The highest BCUT2D eigenvalue weighted by atomic mass is 16.5. The van der Waals surface area contributed by atoms with Gasteiger partial charge in [-0.25, -0.2) is 4.79 Å². The first-order chi connectivity index (χ1) is 13.0. The average Bonchev–Trinajstić information content (AvgIpc) is 2.64. The lowest BCUT2D eigenvalue weighted by Gasteiger charge is -2.11. The highest BCUT2D eigenvalue weighted by molar-refractivity contribution is 5.87. The molecule has 0 radical (unpaired) electrons. The van der Waals surface area contributed by atoms with E-state index >= 15 is 0 Å². The molecule has 0 aliphatic carbocycles. The Hall–Kier alpha value is -1.97. The number of unbranched alkanes of at least 4 members (excludes halogenated alkanes) is 9. The standard InChI is InChI=1S/C23H36O4/c1-3-4-5-6-7-8-9-10-11-12-13-19(2)27-23(26)17-15-20-14-16-21(24)22(25)18-20/h14-19,24-25H,3-13H2,1-2H3. The van der Waals surface area contributed by atoms with Crippen molar-refractivity contribution in [3.63, 3.8) is 0 Å². The molecule has 1 atom stereocenters. The first kappa shape index (κ1) is 23.1. The van der Waals surface area contributed by atoms with Crippen LogP contribution in [0.1, 0.15) is 90.0 Å². The second-order valence-electron chi connectivity index (χ2n) is 7.30. The van der Waals surface area contributed by atoms with Gasteiger partial charge >= 0.3 is 5.97 Å². The number of ether oxygens (including phenoxy) is 1. The number of phenolic OH excluding ortho intramolecular Hbond substituents is 2. The molecule has 27 heavy (non-hydrogen) atoms. The first-order valence-corrected chi connectivity index (χ1v) is 10.4. The summed E-state index contributed by atoms with van der Waals surface area (Å²) in [6.07, 6.45) is 16.7. The molecule has 4 heteroatoms. The van der Waals surface area contributed by atoms with Crippen LogP contribution in [-0.4, -0.2) is 22.3 Å². The van der Waals surface area contributed by atoms with Gasteiger partial charge in [0.25, 0.3) is 0 Å². The van der Waals surface area contributed by atoms with E-state index in [1.807, 2.05) is 6.92 Å². The lowest BCUT2D eigenvalue weighted by molar-refractivity contribution is -0.142. The van der Waals surface area contributed by atoms with Crippen molar-refractivity contribution in [1.82, 2.24) is 0 Å². The SMILES string of the molecule is CCCCCCCCCCCCC(C)OC(=O)C=Cc1ccc(O)c(O)c1. The molecule has 0 saturated heterocycles. The molecule has 152 valence electrons. The van der Waals surface area contributed by atoms with Crippen LogP contribution < -0.4 is 0 Å². The Morgan fingerprint density at radius 3 is 2.15 bits per heavy atom. The second-order valence-corrected chi connectivity index (χ2v) is 7.30. The summed E-state index contributed by atoms with van der Waals surface area (Å²) >= 11 is 0. The Morgan fingerprint density at radius 2 is 1.56 bits per heavy atom. The van der Waals surface area contributed by atoms with E-state index in [9.17, 15) is 15.0 Å². The van der Waals surface area contributed by atoms with Gasteiger partial charge in [0, 0.05) is 6.08 Å². The van der Waals surface area contributed by atoms with Gasteiger partial charge in [-0.05, 0) is 43.5 Å². The van der Waals surface area contributed by atoms with Crippen molar-refractivity contribution in [2.45, 2.75) is 90.6 Å². The largest absolute Gasteiger partial charge is 0.504 e. The Bertz CT molecular complexity index is 565. The molecule has 0 aliphatic rings. The summed E-state index contributed by atoms with van der Waals surface area (Å²) in [6, 6.07) is 4.40. The van der Waals surface area contributed by atoms with Crippen LogP contribution in [0.2, 0.25) is 0 Å². The number of rotatable bonds is 14. The van der Waals surface area contributed by atoms with Crippen molar-refractivity contribution >= 4 is 12.0 Å². The molecule has 2 N–H and O–H groups in total. The fourth-order valence-electron chi connectivity index (χ4n) is 3.02. The summed E-state index contributed by atoms with van der Waals surface area (Å²) in [5.74, 6) is -0.776. The molecule has 4 nitrogen and oxygen atoms in total. The van der Waals surface area contributed by atoms with Gasteiger partial charge in [-0.15, -0.1) is 0 Å². The van der Waals surface area contributed by atoms with Crippen molar-refractivity contribution in [1.29, 1.82) is 0 Å². The van der Waals surface area contributed by atoms with Crippen molar-refractivity contribution in [2.75, 3.05) is 0 Å². The van der Waals surface area contributed by atoms with Crippen LogP contribution in [-0.2, 0) is 9.53 Å². The zero-order chi connectivity index (χ0) is 19.9. The highest BCUT2D eigenvalue weighted by Gasteiger charge is 2.07. The molecule has 0 amide bonds. The molecule has 0 aliphatic heterocycles. The molecule has 0 fully saturated rings. The number of phenols is 2. The quantitative estimate of drug-likeness (QED) is 0.172. The van der Waals surface area contributed by atoms with E-state index in [-0.39, 0.29) is 23.6 Å². The van der Waals surface area contributed by atoms with Crippen LogP contribution in [0.4, 0.5) is 0 Å². The van der Waals surface area contributed by atoms with Crippen molar-refractivity contribution in [3.05, 3.63) is 29.8 Å². The Labute approximate surface area is 164 Å². The lowest BCUT2D eigenvalue weighted by atomic mass is 10.0. The molecule has 1 rings (SSSR count). The molecular formula is C23H36O4. The average molecular weight is 377 g/mol. The van der Waals surface area contributed by atoms with Gasteiger partial charge in [0.05, 0.1) is 6.10 Å².